The van der Waals surface area contributed by atoms with E-state index in [0.717, 1.165) is 33.1 Å². The van der Waals surface area contributed by atoms with Gasteiger partial charge in [-0.15, -0.1) is 0 Å². The molecule has 1 amide bonds. The molecule has 6 heteroatoms. The lowest BCUT2D eigenvalue weighted by molar-refractivity contribution is -0.354. The number of nitrogens with zero attached hydrogens (tertiary/aromatic N) is 1. The molecule has 0 aliphatic rings. The SMILES string of the molecule is CCCCCCCCCCCC(=O)N(C(C)(O)O)C(C)(O)O. The summed E-state index contributed by atoms with van der Waals surface area (Å²) >= 11 is 0. The van der Waals surface area contributed by atoms with Crippen LogP contribution in [0, 0.1) is 0 Å². The van der Waals surface area contributed by atoms with Crippen LogP contribution in [0.5, 0.6) is 0 Å². The van der Waals surface area contributed by atoms with Crippen molar-refractivity contribution in [1.82, 2.24) is 4.90 Å². The minimum atomic E-state index is -2.60. The minimum Gasteiger partial charge on any atom is -0.349 e. The minimum absolute atomic E-state index is 0.0588. The first-order chi connectivity index (χ1) is 10.1. The van der Waals surface area contributed by atoms with Crippen molar-refractivity contribution < 1.29 is 25.2 Å². The zero-order valence-electron chi connectivity index (χ0n) is 14.2. The van der Waals surface area contributed by atoms with E-state index < -0.39 is 17.7 Å². The molecule has 0 rings (SSSR count). The molecule has 0 aliphatic carbocycles. The molecule has 0 unspecified atom stereocenters. The van der Waals surface area contributed by atoms with Crippen molar-refractivity contribution in [3.05, 3.63) is 0 Å². The van der Waals surface area contributed by atoms with E-state index in [1.165, 1.54) is 32.1 Å². The normalized spacial score (nSPS) is 12.5. The molecule has 0 bridgehead atoms. The fraction of sp³-hybridized carbons (Fsp3) is 0.938. The average molecular weight is 319 g/mol. The Balaban J connectivity index is 3.93. The summed E-state index contributed by atoms with van der Waals surface area (Å²) in [5.74, 6) is -5.90. The van der Waals surface area contributed by atoms with Crippen LogP contribution in [-0.4, -0.2) is 43.1 Å². The highest BCUT2D eigenvalue weighted by atomic mass is 16.6. The molecule has 0 radical (unpaired) electrons. The van der Waals surface area contributed by atoms with Gasteiger partial charge in [-0.05, 0) is 6.42 Å². The third kappa shape index (κ3) is 9.35. The number of rotatable bonds is 12. The van der Waals surface area contributed by atoms with Gasteiger partial charge in [0, 0.05) is 20.3 Å². The first-order valence-electron chi connectivity index (χ1n) is 8.33. The zero-order chi connectivity index (χ0) is 17.2. The van der Waals surface area contributed by atoms with Crippen LogP contribution in [0.25, 0.3) is 0 Å². The van der Waals surface area contributed by atoms with Crippen molar-refractivity contribution in [2.45, 2.75) is 96.8 Å². The van der Waals surface area contributed by atoms with Gasteiger partial charge in [-0.2, -0.15) is 0 Å². The van der Waals surface area contributed by atoms with E-state index in [-0.39, 0.29) is 11.3 Å². The van der Waals surface area contributed by atoms with Crippen LogP contribution in [0.4, 0.5) is 0 Å². The highest BCUT2D eigenvalue weighted by Crippen LogP contribution is 2.20. The van der Waals surface area contributed by atoms with E-state index in [1.54, 1.807) is 0 Å². The van der Waals surface area contributed by atoms with E-state index >= 15 is 0 Å². The van der Waals surface area contributed by atoms with Crippen molar-refractivity contribution in [1.29, 1.82) is 0 Å². The molecule has 132 valence electrons. The van der Waals surface area contributed by atoms with Crippen LogP contribution >= 0.6 is 0 Å². The van der Waals surface area contributed by atoms with Crippen LogP contribution in [-0.2, 0) is 4.79 Å². The van der Waals surface area contributed by atoms with Gasteiger partial charge in [0.1, 0.15) is 0 Å². The molecule has 0 fully saturated rings. The Morgan fingerprint density at radius 2 is 1.14 bits per heavy atom. The van der Waals surface area contributed by atoms with E-state index in [2.05, 4.69) is 6.92 Å². The summed E-state index contributed by atoms with van der Waals surface area (Å²) < 4.78 is 0. The van der Waals surface area contributed by atoms with Gasteiger partial charge in [0.2, 0.25) is 17.7 Å². The maximum absolute atomic E-state index is 11.9. The van der Waals surface area contributed by atoms with E-state index in [1.807, 2.05) is 0 Å². The number of carbonyl (C=O) groups is 1. The molecule has 0 aromatic heterocycles. The second-order valence-corrected chi connectivity index (χ2v) is 6.25. The standard InChI is InChI=1S/C16H33NO5/c1-4-5-6-7-8-9-10-11-12-13-14(18)17(15(2,19)20)16(3,21)22/h19-22H,4-13H2,1-3H3. The lowest BCUT2D eigenvalue weighted by atomic mass is 10.1. The lowest BCUT2D eigenvalue weighted by Crippen LogP contribution is -2.61. The predicted molar refractivity (Wildman–Crippen MR) is 84.4 cm³/mol. The number of carbonyl (C=O) groups excluding carboxylic acids is 1. The third-order valence-corrected chi connectivity index (χ3v) is 3.59. The summed E-state index contributed by atoms with van der Waals surface area (Å²) in [5, 5.41) is 37.9. The van der Waals surface area contributed by atoms with Gasteiger partial charge >= 0.3 is 0 Å². The number of amides is 1. The van der Waals surface area contributed by atoms with Gasteiger partial charge in [0.25, 0.3) is 0 Å². The first-order valence-corrected chi connectivity index (χ1v) is 8.33. The van der Waals surface area contributed by atoms with Gasteiger partial charge in [-0.3, -0.25) is 4.79 Å². The number of aliphatic hydroxyl groups is 4. The fourth-order valence-electron chi connectivity index (χ4n) is 2.57. The summed E-state index contributed by atoms with van der Waals surface area (Å²) in [6.45, 7) is 4.03. The summed E-state index contributed by atoms with van der Waals surface area (Å²) in [6, 6.07) is 0. The second-order valence-electron chi connectivity index (χ2n) is 6.25. The molecule has 4 N–H and O–H groups in total. The number of hydrogen-bond acceptors (Lipinski definition) is 5. The Kier molecular flexibility index (Phi) is 9.84. The summed E-state index contributed by atoms with van der Waals surface area (Å²) in [6.07, 6.45) is 9.95. The molecular formula is C16H33NO5. The lowest BCUT2D eigenvalue weighted by Gasteiger charge is -2.39. The molecule has 0 atom stereocenters. The van der Waals surface area contributed by atoms with E-state index in [4.69, 9.17) is 0 Å². The number of unbranched alkanes of at least 4 members (excludes halogenated alkanes) is 8. The van der Waals surface area contributed by atoms with E-state index in [0.29, 0.717) is 6.42 Å². The summed E-state index contributed by atoms with van der Waals surface area (Å²) in [4.78, 5) is 12.2. The Hall–Kier alpha value is -0.690. The first kappa shape index (κ1) is 21.3. The van der Waals surface area contributed by atoms with Gasteiger partial charge in [0.05, 0.1) is 0 Å². The molecule has 0 aromatic carbocycles. The molecule has 0 aromatic rings. The number of hydrogen-bond donors (Lipinski definition) is 4. The van der Waals surface area contributed by atoms with Gasteiger partial charge < -0.3 is 20.4 Å². The predicted octanol–water partition coefficient (Wildman–Crippen LogP) is 2.05. The molecule has 0 aliphatic heterocycles. The maximum Gasteiger partial charge on any atom is 0.249 e. The van der Waals surface area contributed by atoms with Gasteiger partial charge in [-0.25, -0.2) is 4.90 Å². The van der Waals surface area contributed by atoms with Crippen molar-refractivity contribution in [2.75, 3.05) is 0 Å². The van der Waals surface area contributed by atoms with Crippen molar-refractivity contribution in [3.63, 3.8) is 0 Å². The average Bonchev–Trinajstić information content (AvgIpc) is 2.33. The van der Waals surface area contributed by atoms with Crippen LogP contribution < -0.4 is 0 Å². The highest BCUT2D eigenvalue weighted by Gasteiger charge is 2.42. The van der Waals surface area contributed by atoms with Crippen molar-refractivity contribution in [3.8, 4) is 0 Å². The topological polar surface area (TPSA) is 101 Å². The smallest absolute Gasteiger partial charge is 0.249 e. The molecule has 22 heavy (non-hydrogen) atoms. The largest absolute Gasteiger partial charge is 0.349 e. The summed E-state index contributed by atoms with van der Waals surface area (Å²) in [7, 11) is 0. The third-order valence-electron chi connectivity index (χ3n) is 3.59. The van der Waals surface area contributed by atoms with Crippen LogP contribution in [0.2, 0.25) is 0 Å². The molecular weight excluding hydrogens is 286 g/mol. The monoisotopic (exact) mass is 319 g/mol. The zero-order valence-corrected chi connectivity index (χ0v) is 14.2. The summed E-state index contributed by atoms with van der Waals surface area (Å²) in [5.41, 5.74) is 0. The fourth-order valence-corrected chi connectivity index (χ4v) is 2.57. The van der Waals surface area contributed by atoms with Crippen molar-refractivity contribution >= 4 is 5.91 Å². The molecule has 0 heterocycles. The Morgan fingerprint density at radius 3 is 1.50 bits per heavy atom. The van der Waals surface area contributed by atoms with Crippen LogP contribution in [0.3, 0.4) is 0 Å². The Labute approximate surface area is 133 Å². The van der Waals surface area contributed by atoms with Crippen LogP contribution in [0.1, 0.15) is 85.0 Å². The quantitative estimate of drug-likeness (QED) is 0.326. The molecule has 6 nitrogen and oxygen atoms in total. The maximum atomic E-state index is 11.9. The second kappa shape index (κ2) is 10.2. The Morgan fingerprint density at radius 1 is 0.773 bits per heavy atom. The van der Waals surface area contributed by atoms with E-state index in [9.17, 15) is 25.2 Å². The molecule has 0 spiro atoms. The van der Waals surface area contributed by atoms with Crippen LogP contribution in [0.15, 0.2) is 0 Å². The van der Waals surface area contributed by atoms with Gasteiger partial charge in [-0.1, -0.05) is 58.3 Å². The Bertz CT molecular complexity index is 293. The molecule has 0 saturated heterocycles. The molecule has 0 saturated carbocycles. The van der Waals surface area contributed by atoms with Crippen molar-refractivity contribution in [2.24, 2.45) is 0 Å². The van der Waals surface area contributed by atoms with Gasteiger partial charge in [0.15, 0.2) is 0 Å². The highest BCUT2D eigenvalue weighted by molar-refractivity contribution is 5.77.